The number of halogens is 1. The summed E-state index contributed by atoms with van der Waals surface area (Å²) in [4.78, 5) is 45.4. The molecule has 4 N–H and O–H groups in total. The van der Waals surface area contributed by atoms with Gasteiger partial charge in [0.25, 0.3) is 5.91 Å². The van der Waals surface area contributed by atoms with Gasteiger partial charge < -0.3 is 40.5 Å². The van der Waals surface area contributed by atoms with E-state index in [1.807, 2.05) is 0 Å². The van der Waals surface area contributed by atoms with Crippen LogP contribution in [0.4, 0.5) is 4.39 Å². The monoisotopic (exact) mass is 659 g/mol. The summed E-state index contributed by atoms with van der Waals surface area (Å²) in [6, 6.07) is -1.29. The molecule has 47 heavy (non-hydrogen) atoms. The fraction of sp³-hybridized carbons (Fsp3) is 0.879. The molecule has 13 unspecified atom stereocenters. The van der Waals surface area contributed by atoms with Crippen LogP contribution in [0.1, 0.15) is 64.2 Å². The fourth-order valence-corrected chi connectivity index (χ4v) is 10.3. The van der Waals surface area contributed by atoms with Crippen molar-refractivity contribution >= 4 is 11.7 Å². The molecule has 3 aliphatic carbocycles. The van der Waals surface area contributed by atoms with E-state index in [1.165, 1.54) is 6.42 Å². The Morgan fingerprint density at radius 2 is 1.94 bits per heavy atom. The molecule has 0 bridgehead atoms. The summed E-state index contributed by atoms with van der Waals surface area (Å²) in [5.74, 6) is -1.31. The van der Waals surface area contributed by atoms with Gasteiger partial charge in [0.2, 0.25) is 6.04 Å². The van der Waals surface area contributed by atoms with Gasteiger partial charge in [0.05, 0.1) is 48.1 Å². The van der Waals surface area contributed by atoms with Crippen LogP contribution in [-0.2, 0) is 19.1 Å². The third-order valence-electron chi connectivity index (χ3n) is 12.9. The summed E-state index contributed by atoms with van der Waals surface area (Å²) >= 11 is 0. The van der Waals surface area contributed by atoms with E-state index >= 15 is 4.39 Å². The highest BCUT2D eigenvalue weighted by atomic mass is 19.1. The summed E-state index contributed by atoms with van der Waals surface area (Å²) in [5, 5.41) is 18.9. The molecule has 13 nitrogen and oxygen atoms in total. The molecule has 5 heterocycles. The van der Waals surface area contributed by atoms with E-state index in [0.717, 1.165) is 19.4 Å². The van der Waals surface area contributed by atoms with Crippen molar-refractivity contribution in [3.63, 3.8) is 0 Å². The van der Waals surface area contributed by atoms with Crippen molar-refractivity contribution in [1.29, 1.82) is 0 Å². The summed E-state index contributed by atoms with van der Waals surface area (Å²) in [6.45, 7) is 2.66. The zero-order chi connectivity index (χ0) is 32.6. The summed E-state index contributed by atoms with van der Waals surface area (Å²) in [7, 11) is 2.15. The minimum absolute atomic E-state index is 0.00803. The molecule has 0 radical (unpaired) electrons. The first-order valence-electron chi connectivity index (χ1n) is 18.0. The Balaban J connectivity index is 1.07. The third-order valence-corrected chi connectivity index (χ3v) is 12.9. The average Bonchev–Trinajstić information content (AvgIpc) is 3.68. The van der Waals surface area contributed by atoms with E-state index in [4.69, 9.17) is 15.2 Å². The van der Waals surface area contributed by atoms with E-state index in [1.54, 1.807) is 11.1 Å². The highest BCUT2D eigenvalue weighted by Gasteiger charge is 2.61. The predicted octanol–water partition coefficient (Wildman–Crippen LogP) is 0.337. The molecule has 7 fully saturated rings. The minimum atomic E-state index is -1.29. The number of nitrogens with zero attached hydrogens (tertiary/aromatic N) is 4. The number of fused-ring (bicyclic) bond motifs is 4. The van der Waals surface area contributed by atoms with Crippen LogP contribution < -0.4 is 16.4 Å². The second-order valence-corrected chi connectivity index (χ2v) is 15.6. The molecule has 14 heteroatoms. The van der Waals surface area contributed by atoms with Gasteiger partial charge in [0.1, 0.15) is 6.17 Å². The first-order valence-corrected chi connectivity index (χ1v) is 18.0. The molecule has 3 saturated carbocycles. The molecule has 0 aromatic rings. The Kier molecular flexibility index (Phi) is 8.57. The van der Waals surface area contributed by atoms with E-state index in [0.29, 0.717) is 64.2 Å². The number of ether oxygens (including phenoxy) is 2. The molecule has 0 aromatic heterocycles. The Labute approximate surface area is 275 Å². The minimum Gasteiger partial charge on any atom is -0.371 e. The first kappa shape index (κ1) is 32.0. The van der Waals surface area contributed by atoms with Crippen LogP contribution in [0.15, 0.2) is 11.8 Å². The van der Waals surface area contributed by atoms with E-state index < -0.39 is 36.3 Å². The molecule has 1 amide bonds. The molecule has 260 valence electrons. The van der Waals surface area contributed by atoms with Crippen molar-refractivity contribution in [3.05, 3.63) is 21.9 Å². The number of rotatable bonds is 6. The van der Waals surface area contributed by atoms with Gasteiger partial charge in [0.15, 0.2) is 5.78 Å². The summed E-state index contributed by atoms with van der Waals surface area (Å²) in [6.07, 6.45) is 6.09. The number of nitrogens with two attached hydrogens (primary N) is 1. The fourth-order valence-electron chi connectivity index (χ4n) is 10.3. The number of carbonyl (C=O) groups excluding carboxylic acids is 2. The quantitative estimate of drug-likeness (QED) is 0.205. The lowest BCUT2D eigenvalue weighted by Crippen LogP contribution is -2.75. The number of carbonyl (C=O) groups is 2. The van der Waals surface area contributed by atoms with Gasteiger partial charge in [-0.25, -0.2) is 4.39 Å². The first-order chi connectivity index (χ1) is 22.7. The topological polar surface area (TPSA) is 156 Å². The van der Waals surface area contributed by atoms with Crippen LogP contribution in [0.25, 0.3) is 0 Å². The molecular formula is C33H50FN7O6. The Hall–Kier alpha value is -2.23. The van der Waals surface area contributed by atoms with Crippen LogP contribution >= 0.6 is 0 Å². The second kappa shape index (κ2) is 12.6. The normalized spacial score (nSPS) is 46.3. The Morgan fingerprint density at radius 3 is 2.68 bits per heavy atom. The van der Waals surface area contributed by atoms with E-state index in [9.17, 15) is 19.7 Å². The molecule has 0 aromatic carbocycles. The van der Waals surface area contributed by atoms with Crippen molar-refractivity contribution in [2.24, 2.45) is 11.7 Å². The number of ketones is 1. The molecule has 5 aliphatic heterocycles. The zero-order valence-electron chi connectivity index (χ0n) is 27.3. The molecule has 0 spiro atoms. The van der Waals surface area contributed by atoms with Crippen LogP contribution in [0.2, 0.25) is 0 Å². The van der Waals surface area contributed by atoms with Gasteiger partial charge in [-0.05, 0) is 71.5 Å². The van der Waals surface area contributed by atoms with Gasteiger partial charge in [-0.15, -0.1) is 0 Å². The van der Waals surface area contributed by atoms with Gasteiger partial charge >= 0.3 is 0 Å². The van der Waals surface area contributed by atoms with Crippen molar-refractivity contribution in [2.45, 2.75) is 143 Å². The van der Waals surface area contributed by atoms with Gasteiger partial charge in [-0.1, -0.05) is 0 Å². The van der Waals surface area contributed by atoms with E-state index in [-0.39, 0.29) is 71.1 Å². The number of alkyl halides is 1. The number of nitrogens with one attached hydrogen (secondary N) is 2. The number of likely N-dealkylation sites (tertiary alicyclic amines) is 2. The number of Topliss-reactive ketones (excluding diaryl/α,β-unsaturated/α-hetero) is 1. The number of hydrogen-bond donors (Lipinski definition) is 3. The zero-order valence-corrected chi connectivity index (χ0v) is 27.3. The van der Waals surface area contributed by atoms with Crippen molar-refractivity contribution < 1.29 is 28.4 Å². The SMILES string of the molecule is CN1CCCC1CCNC1C(F)CC2C(=O)C(C(=O)N3CC[C@H](N)C3)=CN3C4CC5OC6CC([N+](=O)[O-])CCC6NC5CC4OC1C23. The maximum atomic E-state index is 16.3. The maximum Gasteiger partial charge on any atom is 0.259 e. The summed E-state index contributed by atoms with van der Waals surface area (Å²) in [5.41, 5.74) is 6.23. The Bertz CT molecular complexity index is 1290. The van der Waals surface area contributed by atoms with Gasteiger partial charge in [-0.3, -0.25) is 19.7 Å². The van der Waals surface area contributed by atoms with Crippen LogP contribution in [0.5, 0.6) is 0 Å². The van der Waals surface area contributed by atoms with E-state index in [2.05, 4.69) is 27.5 Å². The number of amides is 1. The van der Waals surface area contributed by atoms with Gasteiger partial charge in [0, 0.05) is 67.1 Å². The standard InChI is InChI=1S/C33H50FN7O6/c1-38-9-2-3-18(38)6-8-36-29-22(34)12-20-30-32(29)47-28-13-24-27(46-26-11-19(41(44)45)4-5-23(26)37-24)14-25(28)40(30)16-21(31(20)42)33(43)39-10-7-17(35)15-39/h16-20,22-30,32,36-37H,2-15,35H2,1H3/t17-,18?,19?,20?,22?,23?,24?,25?,26?,27?,28?,29?,30?,32?/m0/s1. The number of hydrogen-bond acceptors (Lipinski definition) is 11. The smallest absolute Gasteiger partial charge is 0.259 e. The number of morpholine rings is 2. The number of nitro groups is 1. The predicted molar refractivity (Wildman–Crippen MR) is 169 cm³/mol. The highest BCUT2D eigenvalue weighted by molar-refractivity contribution is 6.20. The highest BCUT2D eigenvalue weighted by Crippen LogP contribution is 2.47. The average molecular weight is 660 g/mol. The second-order valence-electron chi connectivity index (χ2n) is 15.6. The van der Waals surface area contributed by atoms with Gasteiger partial charge in [-0.2, -0.15) is 0 Å². The van der Waals surface area contributed by atoms with Crippen molar-refractivity contribution in [2.75, 3.05) is 33.2 Å². The lowest BCUT2D eigenvalue weighted by molar-refractivity contribution is -0.529. The summed E-state index contributed by atoms with van der Waals surface area (Å²) < 4.78 is 29.8. The Morgan fingerprint density at radius 1 is 1.11 bits per heavy atom. The lowest BCUT2D eigenvalue weighted by Gasteiger charge is -2.61. The van der Waals surface area contributed by atoms with Crippen LogP contribution in [0, 0.1) is 16.0 Å². The molecule has 14 atom stereocenters. The molecule has 8 aliphatic rings. The molecule has 4 saturated heterocycles. The van der Waals surface area contributed by atoms with Crippen LogP contribution in [0.3, 0.4) is 0 Å². The largest absolute Gasteiger partial charge is 0.371 e. The molecular weight excluding hydrogens is 609 g/mol. The lowest BCUT2D eigenvalue weighted by atomic mass is 9.69. The molecule has 8 rings (SSSR count). The van der Waals surface area contributed by atoms with Crippen molar-refractivity contribution in [1.82, 2.24) is 25.3 Å². The van der Waals surface area contributed by atoms with Crippen molar-refractivity contribution in [3.8, 4) is 0 Å². The van der Waals surface area contributed by atoms with Crippen LogP contribution in [-0.4, -0.2) is 143 Å². The maximum absolute atomic E-state index is 16.3. The third kappa shape index (κ3) is 5.70.